The molecule has 1 aromatic carbocycles. The van der Waals surface area contributed by atoms with Crippen molar-refractivity contribution in [3.63, 3.8) is 0 Å². The van der Waals surface area contributed by atoms with E-state index in [-0.39, 0.29) is 0 Å². The van der Waals surface area contributed by atoms with Crippen LogP contribution in [0.5, 0.6) is 11.5 Å². The van der Waals surface area contributed by atoms with Gasteiger partial charge in [-0.2, -0.15) is 0 Å². The van der Waals surface area contributed by atoms with Gasteiger partial charge in [0.2, 0.25) is 0 Å². The van der Waals surface area contributed by atoms with Crippen LogP contribution in [0, 0.1) is 0 Å². The lowest BCUT2D eigenvalue weighted by molar-refractivity contribution is 0.338. The Morgan fingerprint density at radius 1 is 1.29 bits per heavy atom. The maximum atomic E-state index is 11.4. The number of nitrogens with zero attached hydrogens (tertiary/aromatic N) is 2. The number of rotatable bonds is 7. The van der Waals surface area contributed by atoms with E-state index in [0.29, 0.717) is 41.1 Å². The number of hydrogen-bond acceptors (Lipinski definition) is 5. The number of ether oxygens (including phenoxy) is 2. The molecule has 7 heteroatoms. The predicted octanol–water partition coefficient (Wildman–Crippen LogP) is 2.78. The lowest BCUT2D eigenvalue weighted by Crippen LogP contribution is -2.09. The molecule has 2 aromatic heterocycles. The van der Waals surface area contributed by atoms with Crippen molar-refractivity contribution in [3.05, 3.63) is 36.5 Å². The smallest absolute Gasteiger partial charge is 0.178 e. The Hall–Kier alpha value is -2.41. The fourth-order valence-electron chi connectivity index (χ4n) is 2.33. The minimum atomic E-state index is -0.829. The van der Waals surface area contributed by atoms with Crippen LogP contribution in [0.2, 0.25) is 0 Å². The molecule has 0 aliphatic heterocycles. The quantitative estimate of drug-likeness (QED) is 0.712. The summed E-state index contributed by atoms with van der Waals surface area (Å²) in [6.45, 7) is 2.31. The number of pyridine rings is 1. The van der Waals surface area contributed by atoms with Crippen LogP contribution >= 0.6 is 0 Å². The Bertz CT molecular complexity index is 830. The van der Waals surface area contributed by atoms with Gasteiger partial charge in [0, 0.05) is 28.8 Å². The number of aromatic nitrogens is 3. The highest BCUT2D eigenvalue weighted by Crippen LogP contribution is 2.32. The first kappa shape index (κ1) is 16.4. The number of fused-ring (bicyclic) bond motifs is 1. The third kappa shape index (κ3) is 3.56. The molecule has 3 rings (SSSR count). The Kier molecular flexibility index (Phi) is 5.10. The zero-order valence-corrected chi connectivity index (χ0v) is 14.4. The first-order valence-corrected chi connectivity index (χ1v) is 9.17. The summed E-state index contributed by atoms with van der Waals surface area (Å²) >= 11 is 0. The molecule has 0 aliphatic rings. The molecule has 2 heterocycles. The van der Waals surface area contributed by atoms with Gasteiger partial charge in [-0.3, -0.25) is 4.21 Å². The van der Waals surface area contributed by atoms with Gasteiger partial charge in [0.15, 0.2) is 5.65 Å². The van der Waals surface area contributed by atoms with E-state index in [1.54, 1.807) is 13.3 Å². The van der Waals surface area contributed by atoms with Crippen LogP contribution in [0.4, 0.5) is 0 Å². The van der Waals surface area contributed by atoms with Crippen LogP contribution in [0.15, 0.2) is 36.5 Å². The first-order chi connectivity index (χ1) is 11.7. The zero-order chi connectivity index (χ0) is 16.9. The van der Waals surface area contributed by atoms with Crippen LogP contribution in [0.3, 0.4) is 0 Å². The number of nitrogens with one attached hydrogen (secondary N) is 1. The summed E-state index contributed by atoms with van der Waals surface area (Å²) in [5.41, 5.74) is 2.37. The monoisotopic (exact) mass is 345 g/mol. The number of benzene rings is 1. The SMILES string of the molecule is CCS(=O)CCOc1ccc(-c2nc3ncccc3[nH]2)c(OC)c1. The van der Waals surface area contributed by atoms with Crippen molar-refractivity contribution in [2.24, 2.45) is 0 Å². The Labute approximate surface area is 142 Å². The minimum absolute atomic E-state index is 0.414. The van der Waals surface area contributed by atoms with Crippen LogP contribution in [0.1, 0.15) is 6.92 Å². The van der Waals surface area contributed by atoms with E-state index in [1.165, 1.54) is 0 Å². The summed E-state index contributed by atoms with van der Waals surface area (Å²) in [5.74, 6) is 3.20. The molecule has 1 N–H and O–H groups in total. The zero-order valence-electron chi connectivity index (χ0n) is 13.6. The number of aromatic amines is 1. The van der Waals surface area contributed by atoms with E-state index in [4.69, 9.17) is 9.47 Å². The van der Waals surface area contributed by atoms with Gasteiger partial charge >= 0.3 is 0 Å². The summed E-state index contributed by atoms with van der Waals surface area (Å²) in [7, 11) is 0.778. The molecule has 1 unspecified atom stereocenters. The van der Waals surface area contributed by atoms with Crippen molar-refractivity contribution in [3.8, 4) is 22.9 Å². The summed E-state index contributed by atoms with van der Waals surface area (Å²) in [6.07, 6.45) is 1.71. The number of H-pyrrole nitrogens is 1. The molecule has 24 heavy (non-hydrogen) atoms. The minimum Gasteiger partial charge on any atom is -0.496 e. The fourth-order valence-corrected chi connectivity index (χ4v) is 2.88. The van der Waals surface area contributed by atoms with Crippen LogP contribution < -0.4 is 9.47 Å². The maximum absolute atomic E-state index is 11.4. The van der Waals surface area contributed by atoms with Gasteiger partial charge in [0.1, 0.15) is 17.3 Å². The van der Waals surface area contributed by atoms with Crippen molar-refractivity contribution in [2.75, 3.05) is 25.2 Å². The normalized spacial score (nSPS) is 12.2. The van der Waals surface area contributed by atoms with E-state index >= 15 is 0 Å². The lowest BCUT2D eigenvalue weighted by Gasteiger charge is -2.10. The summed E-state index contributed by atoms with van der Waals surface area (Å²) in [5, 5.41) is 0. The van der Waals surface area contributed by atoms with Crippen molar-refractivity contribution >= 4 is 22.0 Å². The van der Waals surface area contributed by atoms with E-state index in [1.807, 2.05) is 37.3 Å². The molecule has 126 valence electrons. The van der Waals surface area contributed by atoms with Crippen LogP contribution in [-0.4, -0.2) is 44.4 Å². The summed E-state index contributed by atoms with van der Waals surface area (Å²) in [6, 6.07) is 9.34. The van der Waals surface area contributed by atoms with E-state index in [2.05, 4.69) is 15.0 Å². The number of imidazole rings is 1. The molecule has 0 bridgehead atoms. The molecule has 1 atom stereocenters. The van der Waals surface area contributed by atoms with Gasteiger partial charge in [-0.25, -0.2) is 9.97 Å². The molecule has 3 aromatic rings. The molecule has 0 saturated heterocycles. The Morgan fingerprint density at radius 2 is 2.17 bits per heavy atom. The average Bonchev–Trinajstić information content (AvgIpc) is 3.05. The standard InChI is InChI=1S/C17H19N3O3S/c1-3-24(21)10-9-23-12-6-7-13(15(11-12)22-2)16-19-14-5-4-8-18-17(14)20-16/h4-8,11H,3,9-10H2,1-2H3,(H,18,19,20). The molecular formula is C17H19N3O3S. The molecule has 0 aliphatic carbocycles. The Balaban J connectivity index is 1.82. The number of methoxy groups -OCH3 is 1. The molecular weight excluding hydrogens is 326 g/mol. The van der Waals surface area contributed by atoms with Gasteiger partial charge in [0.25, 0.3) is 0 Å². The first-order valence-electron chi connectivity index (χ1n) is 7.68. The molecule has 0 radical (unpaired) electrons. The van der Waals surface area contributed by atoms with Gasteiger partial charge in [-0.1, -0.05) is 6.92 Å². The van der Waals surface area contributed by atoms with Gasteiger partial charge in [-0.05, 0) is 24.3 Å². The molecule has 6 nitrogen and oxygen atoms in total. The van der Waals surface area contributed by atoms with Crippen molar-refractivity contribution in [1.82, 2.24) is 15.0 Å². The predicted molar refractivity (Wildman–Crippen MR) is 94.9 cm³/mol. The summed E-state index contributed by atoms with van der Waals surface area (Å²) in [4.78, 5) is 12.0. The number of hydrogen-bond donors (Lipinski definition) is 1. The molecule has 0 saturated carbocycles. The van der Waals surface area contributed by atoms with Crippen molar-refractivity contribution in [2.45, 2.75) is 6.92 Å². The molecule has 0 amide bonds. The van der Waals surface area contributed by atoms with E-state index in [9.17, 15) is 4.21 Å². The summed E-state index contributed by atoms with van der Waals surface area (Å²) < 4.78 is 22.6. The van der Waals surface area contributed by atoms with Gasteiger partial charge in [0.05, 0.1) is 30.5 Å². The largest absolute Gasteiger partial charge is 0.496 e. The average molecular weight is 345 g/mol. The third-order valence-electron chi connectivity index (χ3n) is 3.59. The second-order valence-electron chi connectivity index (χ2n) is 5.10. The maximum Gasteiger partial charge on any atom is 0.178 e. The van der Waals surface area contributed by atoms with Crippen LogP contribution in [0.25, 0.3) is 22.6 Å². The highest BCUT2D eigenvalue weighted by atomic mass is 32.2. The second kappa shape index (κ2) is 7.44. The van der Waals surface area contributed by atoms with Crippen molar-refractivity contribution in [1.29, 1.82) is 0 Å². The van der Waals surface area contributed by atoms with Crippen LogP contribution in [-0.2, 0) is 10.8 Å². The van der Waals surface area contributed by atoms with Crippen molar-refractivity contribution < 1.29 is 13.7 Å². The second-order valence-corrected chi connectivity index (χ2v) is 6.97. The van der Waals surface area contributed by atoms with Gasteiger partial charge < -0.3 is 14.5 Å². The molecule has 0 fully saturated rings. The van der Waals surface area contributed by atoms with Gasteiger partial charge in [-0.15, -0.1) is 0 Å². The fraction of sp³-hybridized carbons (Fsp3) is 0.294. The Morgan fingerprint density at radius 3 is 2.92 bits per heavy atom. The lowest BCUT2D eigenvalue weighted by atomic mass is 10.2. The highest BCUT2D eigenvalue weighted by Gasteiger charge is 2.12. The third-order valence-corrected chi connectivity index (χ3v) is 4.85. The van der Waals surface area contributed by atoms with E-state index in [0.717, 1.165) is 11.1 Å². The molecule has 0 spiro atoms. The topological polar surface area (TPSA) is 77.1 Å². The van der Waals surface area contributed by atoms with E-state index < -0.39 is 10.8 Å². The highest BCUT2D eigenvalue weighted by molar-refractivity contribution is 7.84.